The molecule has 96 valence electrons. The molecule has 0 bridgehead atoms. The third kappa shape index (κ3) is 2.61. The third-order valence-electron chi connectivity index (χ3n) is 4.12. The zero-order chi connectivity index (χ0) is 12.4. The molecule has 4 nitrogen and oxygen atoms in total. The van der Waals surface area contributed by atoms with Gasteiger partial charge in [0.15, 0.2) is 0 Å². The molecule has 0 spiro atoms. The highest BCUT2D eigenvalue weighted by Crippen LogP contribution is 2.34. The molecular formula is C13H21NO3. The van der Waals surface area contributed by atoms with Crippen LogP contribution in [0.5, 0.6) is 0 Å². The van der Waals surface area contributed by atoms with Crippen LogP contribution < -0.4 is 0 Å². The first-order chi connectivity index (χ1) is 8.09. The summed E-state index contributed by atoms with van der Waals surface area (Å²) in [5, 5.41) is 9.11. The standard InChI is InChI=1S/C13H21NO3/c1-9-4-3-7-14(8-9)12(15)10-5-2-6-11(10)13(16)17/h9-11H,2-8H2,1H3,(H,16,17)/t9?,10-,11+/m1/s1. The fraction of sp³-hybridized carbons (Fsp3) is 0.846. The number of hydrogen-bond donors (Lipinski definition) is 1. The third-order valence-corrected chi connectivity index (χ3v) is 4.12. The van der Waals surface area contributed by atoms with Gasteiger partial charge in [-0.1, -0.05) is 13.3 Å². The lowest BCUT2D eigenvalue weighted by Crippen LogP contribution is -2.44. The van der Waals surface area contributed by atoms with E-state index in [0.29, 0.717) is 12.3 Å². The molecule has 0 radical (unpaired) electrons. The number of amides is 1. The Balaban J connectivity index is 2.01. The molecular weight excluding hydrogens is 218 g/mol. The minimum absolute atomic E-state index is 0.0847. The molecule has 1 N–H and O–H groups in total. The number of carboxylic acid groups (broad SMARTS) is 1. The molecule has 4 heteroatoms. The second-order valence-electron chi connectivity index (χ2n) is 5.51. The number of carboxylic acids is 1. The van der Waals surface area contributed by atoms with Gasteiger partial charge < -0.3 is 10.0 Å². The van der Waals surface area contributed by atoms with Gasteiger partial charge in [0.25, 0.3) is 0 Å². The smallest absolute Gasteiger partial charge is 0.307 e. The minimum Gasteiger partial charge on any atom is -0.481 e. The van der Waals surface area contributed by atoms with Crippen LogP contribution in [-0.4, -0.2) is 35.0 Å². The van der Waals surface area contributed by atoms with Crippen molar-refractivity contribution in [3.8, 4) is 0 Å². The number of piperidine rings is 1. The lowest BCUT2D eigenvalue weighted by atomic mass is 9.92. The summed E-state index contributed by atoms with van der Waals surface area (Å²) in [7, 11) is 0. The van der Waals surface area contributed by atoms with Crippen molar-refractivity contribution < 1.29 is 14.7 Å². The molecule has 0 aromatic rings. The minimum atomic E-state index is -0.800. The Labute approximate surface area is 102 Å². The van der Waals surface area contributed by atoms with Crippen LogP contribution in [0.15, 0.2) is 0 Å². The van der Waals surface area contributed by atoms with Gasteiger partial charge in [0.1, 0.15) is 0 Å². The van der Waals surface area contributed by atoms with Gasteiger partial charge in [-0.15, -0.1) is 0 Å². The van der Waals surface area contributed by atoms with E-state index in [1.54, 1.807) is 0 Å². The molecule has 1 amide bonds. The van der Waals surface area contributed by atoms with Gasteiger partial charge in [0.05, 0.1) is 11.8 Å². The van der Waals surface area contributed by atoms with Crippen LogP contribution >= 0.6 is 0 Å². The second-order valence-corrected chi connectivity index (χ2v) is 5.51. The molecule has 1 aliphatic carbocycles. The summed E-state index contributed by atoms with van der Waals surface area (Å²) in [5.41, 5.74) is 0. The summed E-state index contributed by atoms with van der Waals surface area (Å²) in [6, 6.07) is 0. The number of nitrogens with zero attached hydrogens (tertiary/aromatic N) is 1. The number of likely N-dealkylation sites (tertiary alicyclic amines) is 1. The SMILES string of the molecule is CC1CCCN(C(=O)[C@@H]2CCC[C@@H]2C(=O)O)C1. The van der Waals surface area contributed by atoms with Crippen molar-refractivity contribution >= 4 is 11.9 Å². The van der Waals surface area contributed by atoms with E-state index in [1.807, 2.05) is 4.90 Å². The molecule has 2 aliphatic rings. The Kier molecular flexibility index (Phi) is 3.69. The largest absolute Gasteiger partial charge is 0.481 e. The first-order valence-corrected chi connectivity index (χ1v) is 6.61. The highest BCUT2D eigenvalue weighted by Gasteiger charge is 2.40. The van der Waals surface area contributed by atoms with Crippen LogP contribution in [0.4, 0.5) is 0 Å². The highest BCUT2D eigenvalue weighted by molar-refractivity contribution is 5.85. The molecule has 1 saturated carbocycles. The maximum Gasteiger partial charge on any atom is 0.307 e. The molecule has 2 fully saturated rings. The summed E-state index contributed by atoms with van der Waals surface area (Å²) in [4.78, 5) is 25.3. The Hall–Kier alpha value is -1.06. The fourth-order valence-corrected chi connectivity index (χ4v) is 3.18. The van der Waals surface area contributed by atoms with Crippen molar-refractivity contribution in [2.24, 2.45) is 17.8 Å². The van der Waals surface area contributed by atoms with E-state index in [9.17, 15) is 9.59 Å². The molecule has 1 saturated heterocycles. The predicted octanol–water partition coefficient (Wildman–Crippen LogP) is 1.75. The normalized spacial score (nSPS) is 33.7. The van der Waals surface area contributed by atoms with Crippen LogP contribution in [0.3, 0.4) is 0 Å². The van der Waals surface area contributed by atoms with Crippen molar-refractivity contribution in [3.63, 3.8) is 0 Å². The number of hydrogen-bond acceptors (Lipinski definition) is 2. The second kappa shape index (κ2) is 5.07. The van der Waals surface area contributed by atoms with Crippen LogP contribution in [-0.2, 0) is 9.59 Å². The zero-order valence-corrected chi connectivity index (χ0v) is 10.4. The van der Waals surface area contributed by atoms with Crippen LogP contribution in [0, 0.1) is 17.8 Å². The summed E-state index contributed by atoms with van der Waals surface area (Å²) in [6.45, 7) is 3.77. The molecule has 1 aliphatic heterocycles. The van der Waals surface area contributed by atoms with Gasteiger partial charge in [-0.2, -0.15) is 0 Å². The highest BCUT2D eigenvalue weighted by atomic mass is 16.4. The summed E-state index contributed by atoms with van der Waals surface area (Å²) in [5.74, 6) is -0.873. The number of carbonyl (C=O) groups is 2. The molecule has 3 atom stereocenters. The van der Waals surface area contributed by atoms with Crippen LogP contribution in [0.1, 0.15) is 39.0 Å². The van der Waals surface area contributed by atoms with Crippen molar-refractivity contribution in [1.82, 2.24) is 4.90 Å². The number of carbonyl (C=O) groups excluding carboxylic acids is 1. The molecule has 17 heavy (non-hydrogen) atoms. The first-order valence-electron chi connectivity index (χ1n) is 6.61. The quantitative estimate of drug-likeness (QED) is 0.798. The van der Waals surface area contributed by atoms with Crippen LogP contribution in [0.2, 0.25) is 0 Å². The molecule has 0 aromatic heterocycles. The molecule has 1 heterocycles. The number of aliphatic carboxylic acids is 1. The zero-order valence-electron chi connectivity index (χ0n) is 10.4. The van der Waals surface area contributed by atoms with Crippen molar-refractivity contribution in [3.05, 3.63) is 0 Å². The molecule has 0 aromatic carbocycles. The van der Waals surface area contributed by atoms with Crippen molar-refractivity contribution in [2.45, 2.75) is 39.0 Å². The van der Waals surface area contributed by atoms with E-state index in [4.69, 9.17) is 5.11 Å². The number of rotatable bonds is 2. The van der Waals surface area contributed by atoms with Crippen LogP contribution in [0.25, 0.3) is 0 Å². The first kappa shape index (κ1) is 12.4. The Morgan fingerprint density at radius 1 is 1.12 bits per heavy atom. The average molecular weight is 239 g/mol. The lowest BCUT2D eigenvalue weighted by molar-refractivity contribution is -0.149. The maximum atomic E-state index is 12.3. The maximum absolute atomic E-state index is 12.3. The van der Waals surface area contributed by atoms with E-state index < -0.39 is 11.9 Å². The summed E-state index contributed by atoms with van der Waals surface area (Å²) < 4.78 is 0. The topological polar surface area (TPSA) is 57.6 Å². The van der Waals surface area contributed by atoms with Gasteiger partial charge in [-0.3, -0.25) is 9.59 Å². The van der Waals surface area contributed by atoms with E-state index in [0.717, 1.165) is 32.4 Å². The lowest BCUT2D eigenvalue weighted by Gasteiger charge is -2.33. The Morgan fingerprint density at radius 3 is 2.47 bits per heavy atom. The summed E-state index contributed by atoms with van der Waals surface area (Å²) in [6.07, 6.45) is 4.51. The van der Waals surface area contributed by atoms with Gasteiger partial charge >= 0.3 is 5.97 Å². The predicted molar refractivity (Wildman–Crippen MR) is 63.4 cm³/mol. The van der Waals surface area contributed by atoms with E-state index >= 15 is 0 Å². The van der Waals surface area contributed by atoms with Gasteiger partial charge in [-0.05, 0) is 31.6 Å². The monoisotopic (exact) mass is 239 g/mol. The average Bonchev–Trinajstić information content (AvgIpc) is 2.77. The molecule has 2 rings (SSSR count). The van der Waals surface area contributed by atoms with E-state index in [-0.39, 0.29) is 11.8 Å². The van der Waals surface area contributed by atoms with E-state index in [2.05, 4.69) is 6.92 Å². The van der Waals surface area contributed by atoms with Crippen molar-refractivity contribution in [1.29, 1.82) is 0 Å². The Bertz CT molecular complexity index is 316. The van der Waals surface area contributed by atoms with E-state index in [1.165, 1.54) is 6.42 Å². The van der Waals surface area contributed by atoms with Gasteiger partial charge in [-0.25, -0.2) is 0 Å². The van der Waals surface area contributed by atoms with Gasteiger partial charge in [0, 0.05) is 13.1 Å². The summed E-state index contributed by atoms with van der Waals surface area (Å²) >= 11 is 0. The molecule has 1 unspecified atom stereocenters. The van der Waals surface area contributed by atoms with Gasteiger partial charge in [0.2, 0.25) is 5.91 Å². The Morgan fingerprint density at radius 2 is 1.82 bits per heavy atom. The fourth-order valence-electron chi connectivity index (χ4n) is 3.18. The van der Waals surface area contributed by atoms with Crippen molar-refractivity contribution in [2.75, 3.05) is 13.1 Å².